The number of benzene rings is 1. The molecule has 0 aliphatic heterocycles. The maximum absolute atomic E-state index is 5.85. The van der Waals surface area contributed by atoms with Crippen LogP contribution in [0.4, 0.5) is 0 Å². The molecule has 0 saturated heterocycles. The van der Waals surface area contributed by atoms with E-state index in [1.165, 1.54) is 11.1 Å². The highest BCUT2D eigenvalue weighted by Crippen LogP contribution is 2.12. The lowest BCUT2D eigenvalue weighted by molar-refractivity contribution is 0.576. The molecule has 2 aromatic rings. The van der Waals surface area contributed by atoms with E-state index in [0.29, 0.717) is 6.04 Å². The molecule has 2 rings (SSSR count). The monoisotopic (exact) mass is 263 g/mol. The van der Waals surface area contributed by atoms with E-state index < -0.39 is 0 Å². The van der Waals surface area contributed by atoms with Gasteiger partial charge < -0.3 is 5.32 Å². The minimum absolute atomic E-state index is 0.325. The summed E-state index contributed by atoms with van der Waals surface area (Å²) in [6, 6.07) is 8.33. The molecule has 1 unspecified atom stereocenters. The topological polar surface area (TPSA) is 29.9 Å². The number of rotatable bonds is 5. The van der Waals surface area contributed by atoms with Crippen LogP contribution in [-0.4, -0.2) is 16.3 Å². The summed E-state index contributed by atoms with van der Waals surface area (Å²) in [6.45, 7) is 3.09. The molecule has 0 spiro atoms. The summed E-state index contributed by atoms with van der Waals surface area (Å²) in [4.78, 5) is 0. The predicted octanol–water partition coefficient (Wildman–Crippen LogP) is 2.97. The van der Waals surface area contributed by atoms with Gasteiger partial charge in [0.2, 0.25) is 0 Å². The number of hydrogen-bond donors (Lipinski definition) is 1. The van der Waals surface area contributed by atoms with Crippen molar-refractivity contribution >= 4 is 11.6 Å². The van der Waals surface area contributed by atoms with Gasteiger partial charge in [-0.15, -0.1) is 0 Å². The quantitative estimate of drug-likeness (QED) is 0.899. The fourth-order valence-electron chi connectivity index (χ4n) is 1.87. The van der Waals surface area contributed by atoms with E-state index in [4.69, 9.17) is 11.6 Å². The molecule has 0 amide bonds. The van der Waals surface area contributed by atoms with Crippen LogP contribution in [0.1, 0.15) is 24.1 Å². The molecule has 0 radical (unpaired) electrons. The van der Waals surface area contributed by atoms with Crippen molar-refractivity contribution in [2.75, 3.05) is 6.54 Å². The van der Waals surface area contributed by atoms with Gasteiger partial charge in [-0.2, -0.15) is 5.10 Å². The summed E-state index contributed by atoms with van der Waals surface area (Å²) in [6.07, 6.45) is 4.95. The number of nitrogens with zero attached hydrogens (tertiary/aromatic N) is 2. The van der Waals surface area contributed by atoms with Crippen molar-refractivity contribution in [1.29, 1.82) is 0 Å². The SMILES string of the molecule is CC(NCCc1ccc(Cl)cc1)c1cnn(C)c1. The second-order valence-corrected chi connectivity index (χ2v) is 4.94. The van der Waals surface area contributed by atoms with Crippen molar-refractivity contribution in [1.82, 2.24) is 15.1 Å². The van der Waals surface area contributed by atoms with Crippen LogP contribution in [-0.2, 0) is 13.5 Å². The van der Waals surface area contributed by atoms with Crippen LogP contribution in [0.3, 0.4) is 0 Å². The van der Waals surface area contributed by atoms with Crippen LogP contribution in [0.15, 0.2) is 36.7 Å². The van der Waals surface area contributed by atoms with Gasteiger partial charge in [0.15, 0.2) is 0 Å². The lowest BCUT2D eigenvalue weighted by Crippen LogP contribution is -2.21. The second-order valence-electron chi connectivity index (χ2n) is 4.50. The summed E-state index contributed by atoms with van der Waals surface area (Å²) in [7, 11) is 1.93. The van der Waals surface area contributed by atoms with Gasteiger partial charge in [0.1, 0.15) is 0 Å². The van der Waals surface area contributed by atoms with Gasteiger partial charge in [-0.1, -0.05) is 23.7 Å². The minimum Gasteiger partial charge on any atom is -0.310 e. The molecular weight excluding hydrogens is 246 g/mol. The van der Waals surface area contributed by atoms with Gasteiger partial charge in [0.05, 0.1) is 6.20 Å². The van der Waals surface area contributed by atoms with E-state index in [1.807, 2.05) is 36.3 Å². The van der Waals surface area contributed by atoms with E-state index in [1.54, 1.807) is 0 Å². The fourth-order valence-corrected chi connectivity index (χ4v) is 1.99. The van der Waals surface area contributed by atoms with E-state index in [-0.39, 0.29) is 0 Å². The lowest BCUT2D eigenvalue weighted by Gasteiger charge is -2.11. The van der Waals surface area contributed by atoms with Crippen LogP contribution >= 0.6 is 11.6 Å². The molecule has 18 heavy (non-hydrogen) atoms. The van der Waals surface area contributed by atoms with Crippen LogP contribution < -0.4 is 5.32 Å². The van der Waals surface area contributed by atoms with Gasteiger partial charge in [-0.25, -0.2) is 0 Å². The largest absolute Gasteiger partial charge is 0.310 e. The van der Waals surface area contributed by atoms with E-state index >= 15 is 0 Å². The maximum Gasteiger partial charge on any atom is 0.0537 e. The zero-order valence-electron chi connectivity index (χ0n) is 10.7. The first kappa shape index (κ1) is 13.1. The third-order valence-electron chi connectivity index (χ3n) is 3.00. The van der Waals surface area contributed by atoms with Crippen molar-refractivity contribution in [3.8, 4) is 0 Å². The van der Waals surface area contributed by atoms with Crippen molar-refractivity contribution in [3.63, 3.8) is 0 Å². The molecule has 1 aromatic heterocycles. The van der Waals surface area contributed by atoms with Crippen molar-refractivity contribution in [2.45, 2.75) is 19.4 Å². The first-order chi connectivity index (χ1) is 8.65. The Morgan fingerprint density at radius 3 is 2.67 bits per heavy atom. The Hall–Kier alpha value is -1.32. The molecule has 4 heteroatoms. The molecule has 96 valence electrons. The van der Waals surface area contributed by atoms with Crippen LogP contribution in [0.5, 0.6) is 0 Å². The molecule has 0 bridgehead atoms. The second kappa shape index (κ2) is 6.03. The standard InChI is InChI=1S/C14H18ClN3/c1-11(13-9-17-18(2)10-13)16-8-7-12-3-5-14(15)6-4-12/h3-6,9-11,16H,7-8H2,1-2H3. The first-order valence-corrected chi connectivity index (χ1v) is 6.49. The smallest absolute Gasteiger partial charge is 0.0537 e. The molecule has 1 N–H and O–H groups in total. The Balaban J connectivity index is 1.80. The van der Waals surface area contributed by atoms with Crippen molar-refractivity contribution in [3.05, 3.63) is 52.8 Å². The van der Waals surface area contributed by atoms with Crippen LogP contribution in [0.25, 0.3) is 0 Å². The molecule has 1 heterocycles. The third-order valence-corrected chi connectivity index (χ3v) is 3.25. The first-order valence-electron chi connectivity index (χ1n) is 6.11. The van der Waals surface area contributed by atoms with Gasteiger partial charge in [-0.3, -0.25) is 4.68 Å². The van der Waals surface area contributed by atoms with Crippen LogP contribution in [0.2, 0.25) is 5.02 Å². The summed E-state index contributed by atoms with van der Waals surface area (Å²) >= 11 is 5.85. The highest BCUT2D eigenvalue weighted by Gasteiger charge is 2.06. The van der Waals surface area contributed by atoms with Gasteiger partial charge in [0, 0.05) is 29.9 Å². The Kier molecular flexibility index (Phi) is 4.39. The highest BCUT2D eigenvalue weighted by molar-refractivity contribution is 6.30. The Bertz CT molecular complexity index is 490. The molecule has 1 atom stereocenters. The summed E-state index contributed by atoms with van der Waals surface area (Å²) in [5, 5.41) is 8.45. The molecule has 0 saturated carbocycles. The third kappa shape index (κ3) is 3.59. The van der Waals surface area contributed by atoms with Gasteiger partial charge >= 0.3 is 0 Å². The summed E-state index contributed by atoms with van der Waals surface area (Å²) < 4.78 is 1.83. The normalized spacial score (nSPS) is 12.6. The number of aromatic nitrogens is 2. The lowest BCUT2D eigenvalue weighted by atomic mass is 10.1. The van der Waals surface area contributed by atoms with E-state index in [0.717, 1.165) is 18.0 Å². The predicted molar refractivity (Wildman–Crippen MR) is 74.8 cm³/mol. The van der Waals surface area contributed by atoms with E-state index in [2.05, 4.69) is 29.5 Å². The van der Waals surface area contributed by atoms with Crippen molar-refractivity contribution in [2.24, 2.45) is 7.05 Å². The number of hydrogen-bond acceptors (Lipinski definition) is 2. The van der Waals surface area contributed by atoms with Gasteiger partial charge in [-0.05, 0) is 37.6 Å². The summed E-state index contributed by atoms with van der Waals surface area (Å²) in [5.74, 6) is 0. The minimum atomic E-state index is 0.325. The highest BCUT2D eigenvalue weighted by atomic mass is 35.5. The molecule has 0 fully saturated rings. The molecule has 0 aliphatic rings. The van der Waals surface area contributed by atoms with Crippen molar-refractivity contribution < 1.29 is 0 Å². The molecule has 3 nitrogen and oxygen atoms in total. The summed E-state index contributed by atoms with van der Waals surface area (Å²) in [5.41, 5.74) is 2.51. The number of aryl methyl sites for hydroxylation is 1. The Labute approximate surface area is 113 Å². The number of halogens is 1. The molecule has 0 aliphatic carbocycles. The fraction of sp³-hybridized carbons (Fsp3) is 0.357. The maximum atomic E-state index is 5.85. The zero-order valence-corrected chi connectivity index (χ0v) is 11.5. The van der Waals surface area contributed by atoms with E-state index in [9.17, 15) is 0 Å². The average Bonchev–Trinajstić information content (AvgIpc) is 2.78. The molecular formula is C14H18ClN3. The average molecular weight is 264 g/mol. The number of nitrogens with one attached hydrogen (secondary N) is 1. The molecule has 1 aromatic carbocycles. The van der Waals surface area contributed by atoms with Crippen LogP contribution in [0, 0.1) is 0 Å². The van der Waals surface area contributed by atoms with Gasteiger partial charge in [0.25, 0.3) is 0 Å². The Morgan fingerprint density at radius 1 is 1.33 bits per heavy atom. The Morgan fingerprint density at radius 2 is 2.06 bits per heavy atom. The zero-order chi connectivity index (χ0) is 13.0.